The van der Waals surface area contributed by atoms with Gasteiger partial charge in [-0.05, 0) is 32.4 Å². The van der Waals surface area contributed by atoms with Gasteiger partial charge in [0.1, 0.15) is 17.0 Å². The van der Waals surface area contributed by atoms with E-state index >= 15 is 0 Å². The molecule has 6 aromatic rings. The van der Waals surface area contributed by atoms with E-state index in [4.69, 9.17) is 19.0 Å². The summed E-state index contributed by atoms with van der Waals surface area (Å²) in [4.78, 5) is 4.95. The molecule has 178 valence electrons. The molecule has 0 spiro atoms. The molecule has 6 rings (SSSR count). The van der Waals surface area contributed by atoms with Crippen LogP contribution in [0.3, 0.4) is 0 Å². The van der Waals surface area contributed by atoms with Gasteiger partial charge in [0.05, 0.1) is 22.7 Å². The summed E-state index contributed by atoms with van der Waals surface area (Å²) in [7, 11) is 0. The van der Waals surface area contributed by atoms with Crippen molar-refractivity contribution in [1.82, 2.24) is 30.0 Å². The van der Waals surface area contributed by atoms with Gasteiger partial charge in [-0.2, -0.15) is 5.10 Å². The van der Waals surface area contributed by atoms with Crippen LogP contribution in [-0.4, -0.2) is 30.0 Å². The zero-order valence-corrected chi connectivity index (χ0v) is 20.8. The molecule has 0 N–H and O–H groups in total. The fraction of sp³-hybridized carbons (Fsp3) is 0.148. The number of hydrogen-bond donors (Lipinski definition) is 0. The van der Waals surface area contributed by atoms with Crippen LogP contribution in [0.5, 0.6) is 0 Å². The lowest BCUT2D eigenvalue weighted by Gasteiger charge is -2.04. The Hall–Kier alpha value is -4.24. The fourth-order valence-corrected chi connectivity index (χ4v) is 5.03. The second kappa shape index (κ2) is 9.09. The number of nitrogens with zero attached hydrogens (tertiary/aromatic N) is 6. The first-order valence-corrected chi connectivity index (χ1v) is 12.5. The van der Waals surface area contributed by atoms with Gasteiger partial charge in [-0.1, -0.05) is 77.6 Å². The SMILES string of the molecule is Cc1cc(C)c2c(-c3ccccc3)nc(SCc3nnc(-c4c(-c5ccccc5)noc4C)o3)n2n1. The summed E-state index contributed by atoms with van der Waals surface area (Å²) in [5, 5.41) is 18.3. The zero-order valence-electron chi connectivity index (χ0n) is 20.0. The average molecular weight is 495 g/mol. The Kier molecular flexibility index (Phi) is 5.61. The van der Waals surface area contributed by atoms with Gasteiger partial charge >= 0.3 is 0 Å². The van der Waals surface area contributed by atoms with Crippen LogP contribution in [0.2, 0.25) is 0 Å². The molecule has 0 aliphatic rings. The molecule has 0 aliphatic heterocycles. The van der Waals surface area contributed by atoms with Crippen LogP contribution in [0.4, 0.5) is 0 Å². The second-order valence-corrected chi connectivity index (χ2v) is 9.40. The highest BCUT2D eigenvalue weighted by molar-refractivity contribution is 7.98. The van der Waals surface area contributed by atoms with Gasteiger partial charge in [0.15, 0.2) is 5.16 Å². The van der Waals surface area contributed by atoms with Crippen molar-refractivity contribution < 1.29 is 8.94 Å². The van der Waals surface area contributed by atoms with E-state index in [9.17, 15) is 0 Å². The predicted molar refractivity (Wildman–Crippen MR) is 137 cm³/mol. The van der Waals surface area contributed by atoms with Gasteiger partial charge in [-0.15, -0.1) is 10.2 Å². The van der Waals surface area contributed by atoms with Crippen molar-refractivity contribution in [1.29, 1.82) is 0 Å². The molecule has 4 aromatic heterocycles. The van der Waals surface area contributed by atoms with Gasteiger partial charge in [0.25, 0.3) is 5.89 Å². The summed E-state index contributed by atoms with van der Waals surface area (Å²) in [5.41, 5.74) is 7.30. The molecule has 0 amide bonds. The smallest absolute Gasteiger partial charge is 0.253 e. The van der Waals surface area contributed by atoms with Crippen LogP contribution in [0.1, 0.15) is 22.9 Å². The number of fused-ring (bicyclic) bond motifs is 1. The minimum Gasteiger partial charge on any atom is -0.420 e. The highest BCUT2D eigenvalue weighted by atomic mass is 32.2. The van der Waals surface area contributed by atoms with Crippen LogP contribution in [-0.2, 0) is 5.75 Å². The molecule has 0 aliphatic carbocycles. The van der Waals surface area contributed by atoms with Gasteiger partial charge < -0.3 is 8.94 Å². The number of aromatic nitrogens is 6. The van der Waals surface area contributed by atoms with Crippen molar-refractivity contribution in [2.24, 2.45) is 0 Å². The Labute approximate surface area is 211 Å². The van der Waals surface area contributed by atoms with E-state index in [0.29, 0.717) is 34.6 Å². The van der Waals surface area contributed by atoms with Crippen LogP contribution >= 0.6 is 11.8 Å². The maximum Gasteiger partial charge on any atom is 0.253 e. The summed E-state index contributed by atoms with van der Waals surface area (Å²) in [6.45, 7) is 5.91. The van der Waals surface area contributed by atoms with Crippen molar-refractivity contribution in [3.63, 3.8) is 0 Å². The highest BCUT2D eigenvalue weighted by Crippen LogP contribution is 2.35. The third kappa shape index (κ3) is 3.97. The number of thioether (sulfide) groups is 1. The zero-order chi connectivity index (χ0) is 24.6. The molecule has 0 saturated heterocycles. The minimum atomic E-state index is 0.381. The Bertz CT molecular complexity index is 1670. The normalized spacial score (nSPS) is 11.4. The standard InChI is InChI=1S/C27H22N6O2S/c1-16-14-17(2)31-33-25(16)24(20-12-8-5-9-13-20)28-27(33)36-15-21-29-30-26(34-21)22-18(3)35-32-23(22)19-10-6-4-7-11-19/h4-14H,15H2,1-3H3. The molecule has 0 saturated carbocycles. The van der Waals surface area contributed by atoms with E-state index in [2.05, 4.69) is 40.5 Å². The van der Waals surface area contributed by atoms with Crippen molar-refractivity contribution in [2.45, 2.75) is 31.7 Å². The number of benzene rings is 2. The summed E-state index contributed by atoms with van der Waals surface area (Å²) >= 11 is 1.51. The summed E-state index contributed by atoms with van der Waals surface area (Å²) in [6.07, 6.45) is 0. The number of imidazole rings is 1. The molecule has 4 heterocycles. The first-order valence-electron chi connectivity index (χ1n) is 11.5. The van der Waals surface area contributed by atoms with Crippen LogP contribution in [0.25, 0.3) is 39.5 Å². The number of rotatable bonds is 6. The number of aryl methyl sites for hydroxylation is 3. The second-order valence-electron chi connectivity index (χ2n) is 8.46. The third-order valence-corrected chi connectivity index (χ3v) is 6.76. The Morgan fingerprint density at radius 3 is 2.28 bits per heavy atom. The van der Waals surface area contributed by atoms with E-state index in [1.54, 1.807) is 0 Å². The van der Waals surface area contributed by atoms with E-state index in [-0.39, 0.29) is 0 Å². The first kappa shape index (κ1) is 22.2. The van der Waals surface area contributed by atoms with E-state index in [1.807, 2.05) is 66.9 Å². The van der Waals surface area contributed by atoms with Gasteiger partial charge in [0, 0.05) is 11.1 Å². The molecule has 0 radical (unpaired) electrons. The number of hydrogen-bond acceptors (Lipinski definition) is 8. The maximum atomic E-state index is 6.04. The molecule has 36 heavy (non-hydrogen) atoms. The van der Waals surface area contributed by atoms with Gasteiger partial charge in [-0.25, -0.2) is 9.50 Å². The Balaban J connectivity index is 1.32. The average Bonchev–Trinajstić information content (AvgIpc) is 3.61. The monoisotopic (exact) mass is 494 g/mol. The van der Waals surface area contributed by atoms with Crippen LogP contribution in [0, 0.1) is 20.8 Å². The molecule has 9 heteroatoms. The molecule has 2 aromatic carbocycles. The van der Waals surface area contributed by atoms with E-state index in [0.717, 1.165) is 38.8 Å². The Morgan fingerprint density at radius 1 is 0.861 bits per heavy atom. The lowest BCUT2D eigenvalue weighted by atomic mass is 10.1. The van der Waals surface area contributed by atoms with Crippen molar-refractivity contribution in [3.8, 4) is 34.0 Å². The predicted octanol–water partition coefficient (Wildman–Crippen LogP) is 6.32. The van der Waals surface area contributed by atoms with E-state index in [1.165, 1.54) is 11.8 Å². The van der Waals surface area contributed by atoms with Crippen LogP contribution in [0.15, 0.2) is 80.8 Å². The molecular weight excluding hydrogens is 472 g/mol. The van der Waals surface area contributed by atoms with Crippen LogP contribution < -0.4 is 0 Å². The highest BCUT2D eigenvalue weighted by Gasteiger charge is 2.23. The Morgan fingerprint density at radius 2 is 1.56 bits per heavy atom. The molecule has 0 unspecified atom stereocenters. The molecule has 0 fully saturated rings. The van der Waals surface area contributed by atoms with Gasteiger partial charge in [-0.3, -0.25) is 0 Å². The largest absolute Gasteiger partial charge is 0.420 e. The van der Waals surface area contributed by atoms with E-state index < -0.39 is 0 Å². The summed E-state index contributed by atoms with van der Waals surface area (Å²) in [5.74, 6) is 1.93. The molecular formula is C27H22N6O2S. The summed E-state index contributed by atoms with van der Waals surface area (Å²) < 4.78 is 13.4. The fourth-order valence-electron chi connectivity index (χ4n) is 4.25. The van der Waals surface area contributed by atoms with Gasteiger partial charge in [0.2, 0.25) is 5.89 Å². The first-order chi connectivity index (χ1) is 17.6. The minimum absolute atomic E-state index is 0.381. The lowest BCUT2D eigenvalue weighted by molar-refractivity contribution is 0.399. The van der Waals surface area contributed by atoms with Crippen molar-refractivity contribution in [2.75, 3.05) is 0 Å². The van der Waals surface area contributed by atoms with Crippen molar-refractivity contribution >= 4 is 17.3 Å². The third-order valence-electron chi connectivity index (χ3n) is 5.84. The summed E-state index contributed by atoms with van der Waals surface area (Å²) in [6, 6.07) is 22.0. The quantitative estimate of drug-likeness (QED) is 0.248. The maximum absolute atomic E-state index is 6.04. The molecule has 0 atom stereocenters. The molecule has 8 nitrogen and oxygen atoms in total. The molecule has 0 bridgehead atoms. The topological polar surface area (TPSA) is 95.1 Å². The lowest BCUT2D eigenvalue weighted by Crippen LogP contribution is -1.98. The van der Waals surface area contributed by atoms with Crippen molar-refractivity contribution in [3.05, 3.63) is 89.6 Å².